The number of aromatic nitrogens is 10. The molecule has 338 valence electrons. The van der Waals surface area contributed by atoms with E-state index >= 15 is 0 Å². The molecule has 0 radical (unpaired) electrons. The van der Waals surface area contributed by atoms with E-state index in [4.69, 9.17) is 4.98 Å². The van der Waals surface area contributed by atoms with Crippen molar-refractivity contribution in [2.45, 2.75) is 77.5 Å². The van der Waals surface area contributed by atoms with E-state index in [1.165, 1.54) is 6.92 Å². The molecular weight excluding hydrogens is 827 g/mol. The van der Waals surface area contributed by atoms with E-state index in [1.807, 2.05) is 42.0 Å². The van der Waals surface area contributed by atoms with Crippen molar-refractivity contribution in [2.24, 2.45) is 5.92 Å². The van der Waals surface area contributed by atoms with E-state index < -0.39 is 0 Å². The first kappa shape index (κ1) is 43.2. The van der Waals surface area contributed by atoms with Gasteiger partial charge in [0, 0.05) is 90.3 Å². The number of hydrogen-bond donors (Lipinski definition) is 4. The zero-order valence-corrected chi connectivity index (χ0v) is 37.5. The topological polar surface area (TPSA) is 222 Å². The highest BCUT2D eigenvalue weighted by atomic mass is 16.2. The molecule has 7 heterocycles. The van der Waals surface area contributed by atoms with Crippen LogP contribution < -0.4 is 36.6 Å². The van der Waals surface area contributed by atoms with E-state index in [0.717, 1.165) is 89.2 Å². The van der Waals surface area contributed by atoms with Crippen LogP contribution in [0, 0.1) is 12.8 Å². The third-order valence-electron chi connectivity index (χ3n) is 12.7. The Hall–Kier alpha value is -7.09. The van der Waals surface area contributed by atoms with Crippen LogP contribution in [-0.4, -0.2) is 120 Å². The first-order chi connectivity index (χ1) is 31.5. The number of nitrogens with zero attached hydrogens (tertiary/aromatic N) is 13. The molecule has 3 aliphatic rings. The van der Waals surface area contributed by atoms with Crippen LogP contribution in [0.15, 0.2) is 59.8 Å². The fourth-order valence-corrected chi connectivity index (χ4v) is 9.13. The maximum atomic E-state index is 13.6. The number of amides is 1. The van der Waals surface area contributed by atoms with Crippen LogP contribution in [0.2, 0.25) is 0 Å². The molecule has 0 unspecified atom stereocenters. The van der Waals surface area contributed by atoms with Gasteiger partial charge in [-0.05, 0) is 87.4 Å². The molecule has 4 N–H and O–H groups in total. The molecule has 6 aromatic heterocycles. The van der Waals surface area contributed by atoms with Crippen LogP contribution in [0.25, 0.3) is 11.0 Å². The molecule has 0 aromatic carbocycles. The maximum Gasteiger partial charge on any atom is 0.263 e. The highest BCUT2D eigenvalue weighted by Gasteiger charge is 2.32. The largest absolute Gasteiger partial charge is 0.373 e. The van der Waals surface area contributed by atoms with Gasteiger partial charge in [0.15, 0.2) is 17.4 Å². The molecule has 6 aromatic rings. The van der Waals surface area contributed by atoms with Crippen molar-refractivity contribution in [3.8, 4) is 0 Å². The molecule has 0 atom stereocenters. The fourth-order valence-electron chi connectivity index (χ4n) is 9.13. The highest BCUT2D eigenvalue weighted by Crippen LogP contribution is 2.34. The second kappa shape index (κ2) is 18.6. The van der Waals surface area contributed by atoms with Gasteiger partial charge >= 0.3 is 0 Å². The molecule has 65 heavy (non-hydrogen) atoms. The molecule has 1 saturated heterocycles. The van der Waals surface area contributed by atoms with Crippen molar-refractivity contribution in [3.63, 3.8) is 0 Å². The van der Waals surface area contributed by atoms with E-state index in [1.54, 1.807) is 49.0 Å². The number of piperazine rings is 1. The second-order valence-corrected chi connectivity index (χ2v) is 17.5. The summed E-state index contributed by atoms with van der Waals surface area (Å²) in [6, 6.07) is 11.2. The third kappa shape index (κ3) is 9.43. The third-order valence-corrected chi connectivity index (χ3v) is 12.7. The number of ketones is 1. The van der Waals surface area contributed by atoms with E-state index in [0.29, 0.717) is 63.1 Å². The van der Waals surface area contributed by atoms with Crippen LogP contribution in [0.3, 0.4) is 0 Å². The molecule has 1 aliphatic heterocycles. The molecule has 9 rings (SSSR count). The summed E-state index contributed by atoms with van der Waals surface area (Å²) in [5.74, 6) is 3.05. The zero-order chi connectivity index (χ0) is 45.2. The van der Waals surface area contributed by atoms with Gasteiger partial charge in [-0.3, -0.25) is 28.5 Å². The van der Waals surface area contributed by atoms with E-state index in [2.05, 4.69) is 72.7 Å². The quantitative estimate of drug-likeness (QED) is 0.101. The molecule has 3 fully saturated rings. The van der Waals surface area contributed by atoms with Gasteiger partial charge in [-0.1, -0.05) is 18.1 Å². The summed E-state index contributed by atoms with van der Waals surface area (Å²) in [4.78, 5) is 64.6. The Labute approximate surface area is 376 Å². The molecule has 2 saturated carbocycles. The number of aryl methyl sites for hydroxylation is 1. The molecule has 1 amide bonds. The van der Waals surface area contributed by atoms with Crippen molar-refractivity contribution in [1.29, 1.82) is 0 Å². The summed E-state index contributed by atoms with van der Waals surface area (Å²) in [6.45, 7) is 8.18. The summed E-state index contributed by atoms with van der Waals surface area (Å²) in [6.07, 6.45) is 11.3. The molecule has 2 aliphatic carbocycles. The van der Waals surface area contributed by atoms with Gasteiger partial charge in [0.2, 0.25) is 5.95 Å². The van der Waals surface area contributed by atoms with Gasteiger partial charge in [-0.25, -0.2) is 15.0 Å². The Morgan fingerprint density at radius 1 is 0.877 bits per heavy atom. The van der Waals surface area contributed by atoms with Crippen LogP contribution in [-0.2, 0) is 13.1 Å². The minimum Gasteiger partial charge on any atom is -0.373 e. The van der Waals surface area contributed by atoms with Crippen molar-refractivity contribution < 1.29 is 9.59 Å². The predicted octanol–water partition coefficient (Wildman–Crippen LogP) is 4.91. The lowest BCUT2D eigenvalue weighted by molar-refractivity contribution is 0.101. The van der Waals surface area contributed by atoms with Crippen molar-refractivity contribution in [2.75, 3.05) is 78.4 Å². The van der Waals surface area contributed by atoms with Crippen LogP contribution in [0.4, 0.5) is 40.7 Å². The Morgan fingerprint density at radius 3 is 2.34 bits per heavy atom. The number of fused-ring (bicyclic) bond motifs is 1. The number of Topliss-reactive ketones (excluding diaryl/α,β-unsaturated/α-hetero) is 1. The molecule has 0 bridgehead atoms. The van der Waals surface area contributed by atoms with Crippen LogP contribution >= 0.6 is 0 Å². The number of carbonyl (C=O) groups excluding carboxylic acids is 2. The fraction of sp³-hybridized carbons (Fsp3) is 0.444. The first-order valence-corrected chi connectivity index (χ1v) is 22.3. The lowest BCUT2D eigenvalue weighted by Gasteiger charge is -2.36. The van der Waals surface area contributed by atoms with E-state index in [-0.39, 0.29) is 34.9 Å². The Balaban J connectivity index is 0.745. The molecular formula is C45H55N17O3. The Morgan fingerprint density at radius 2 is 1.65 bits per heavy atom. The van der Waals surface area contributed by atoms with Gasteiger partial charge in [0.05, 0.1) is 28.7 Å². The summed E-state index contributed by atoms with van der Waals surface area (Å²) in [5, 5.41) is 30.6. The monoisotopic (exact) mass is 881 g/mol. The lowest BCUT2D eigenvalue weighted by atomic mass is 9.80. The van der Waals surface area contributed by atoms with Crippen LogP contribution in [0.1, 0.15) is 83.5 Å². The number of pyridine rings is 3. The van der Waals surface area contributed by atoms with Gasteiger partial charge in [0.25, 0.3) is 11.5 Å². The number of anilines is 7. The first-order valence-electron chi connectivity index (χ1n) is 22.3. The normalized spacial score (nSPS) is 17.8. The molecule has 0 spiro atoms. The number of carbonyl (C=O) groups is 2. The summed E-state index contributed by atoms with van der Waals surface area (Å²) < 4.78 is 3.66. The number of nitrogens with one attached hydrogen (secondary N) is 4. The Bertz CT molecular complexity index is 2730. The summed E-state index contributed by atoms with van der Waals surface area (Å²) in [7, 11) is 5.56. The van der Waals surface area contributed by atoms with Gasteiger partial charge in [-0.15, -0.1) is 15.3 Å². The lowest BCUT2D eigenvalue weighted by Crippen LogP contribution is -2.46. The van der Waals surface area contributed by atoms with E-state index in [9.17, 15) is 14.4 Å². The van der Waals surface area contributed by atoms with Crippen LogP contribution in [0.5, 0.6) is 0 Å². The SMILES string of the molecule is CNc1ccc(C(=O)Nc2ccc(N(C)C)nn2)c(NC2CC(Cn3cc(CN4CCN(c5ccc(Nc6ncc7c(C)c(C(C)=O)c(=O)n(C8CCCC8)c7n6)nc5)CC4)nn3)C2)n1. The minimum atomic E-state index is -0.313. The van der Waals surface area contributed by atoms with Crippen molar-refractivity contribution >= 4 is 63.4 Å². The maximum absolute atomic E-state index is 13.6. The van der Waals surface area contributed by atoms with Crippen molar-refractivity contribution in [3.05, 3.63) is 87.7 Å². The number of hydrogen-bond acceptors (Lipinski definition) is 17. The van der Waals surface area contributed by atoms with Gasteiger partial charge in [0.1, 0.15) is 23.1 Å². The second-order valence-electron chi connectivity index (χ2n) is 17.5. The standard InChI is InChI=1S/C45H55N17O3/c1-27-35-23-48-45(53-42(35)62(32-8-6-7-9-32)44(65)40(27)28(2)63)52-37-12-10-33(22-47-37)60-18-16-59(17-19-60)25-31-26-61(57-54-31)24-29-20-30(21-29)49-41-34(11-13-36(46-3)50-41)43(64)51-38-14-15-39(56-55-38)58(4)5/h10-15,22-23,26,29-30,32H,6-9,16-21,24-25H2,1-5H3,(H2,46,49,50)(H,51,55,64)(H,47,48,52,53). The highest BCUT2D eigenvalue weighted by molar-refractivity contribution is 6.07. The molecule has 20 heteroatoms. The number of rotatable bonds is 15. The molecule has 20 nitrogen and oxygen atoms in total. The Kier molecular flexibility index (Phi) is 12.3. The van der Waals surface area contributed by atoms with Gasteiger partial charge < -0.3 is 31.1 Å². The minimum absolute atomic E-state index is 0.00891. The zero-order valence-electron chi connectivity index (χ0n) is 37.5. The average molecular weight is 882 g/mol. The smallest absolute Gasteiger partial charge is 0.263 e. The predicted molar refractivity (Wildman–Crippen MR) is 249 cm³/mol. The average Bonchev–Trinajstić information content (AvgIpc) is 3.99. The van der Waals surface area contributed by atoms with Crippen molar-refractivity contribution in [1.82, 2.24) is 54.6 Å². The van der Waals surface area contributed by atoms with Gasteiger partial charge in [-0.2, -0.15) is 4.98 Å². The summed E-state index contributed by atoms with van der Waals surface area (Å²) in [5.41, 5.74) is 3.51. The summed E-state index contributed by atoms with van der Waals surface area (Å²) >= 11 is 0.